The average Bonchev–Trinajstić information content (AvgIpc) is 2.06. The second-order valence-electron chi connectivity index (χ2n) is 2.43. The van der Waals surface area contributed by atoms with E-state index in [4.69, 9.17) is 0 Å². The topological polar surface area (TPSA) is 53.8 Å². The van der Waals surface area contributed by atoms with Gasteiger partial charge in [-0.3, -0.25) is 4.79 Å². The van der Waals surface area contributed by atoms with E-state index in [0.29, 0.717) is 12.3 Å². The first-order chi connectivity index (χ1) is 5.38. The zero-order valence-electron chi connectivity index (χ0n) is 5.82. The van der Waals surface area contributed by atoms with E-state index in [9.17, 15) is 4.79 Å². The zero-order chi connectivity index (χ0) is 7.68. The molecule has 0 bridgehead atoms. The Balaban J connectivity index is 2.36. The number of nitrogens with zero attached hydrogens (tertiary/aromatic N) is 2. The predicted molar refractivity (Wildman–Crippen MR) is 41.3 cm³/mol. The molecule has 0 radical (unpaired) electrons. The van der Waals surface area contributed by atoms with Crippen molar-refractivity contribution in [1.29, 1.82) is 0 Å². The van der Waals surface area contributed by atoms with Crippen LogP contribution in [0, 0.1) is 5.92 Å². The molecule has 0 aromatic heterocycles. The van der Waals surface area contributed by atoms with Gasteiger partial charge in [0.15, 0.2) is 0 Å². The highest BCUT2D eigenvalue weighted by molar-refractivity contribution is 6.13. The number of fused-ring (bicyclic) bond motifs is 1. The molecule has 1 amide bonds. The number of allylic oxidation sites excluding steroid dienone is 1. The molecule has 1 unspecified atom stereocenters. The van der Waals surface area contributed by atoms with Crippen LogP contribution in [0.25, 0.3) is 0 Å². The Morgan fingerprint density at radius 2 is 2.55 bits per heavy atom. The fraction of sp³-hybridized carbons (Fsp3) is 0.286. The van der Waals surface area contributed by atoms with Crippen LogP contribution in [0.1, 0.15) is 6.42 Å². The van der Waals surface area contributed by atoms with Crippen LogP contribution in [-0.2, 0) is 4.79 Å². The first-order valence-corrected chi connectivity index (χ1v) is 3.43. The molecular formula is C7H7N3O. The van der Waals surface area contributed by atoms with Crippen molar-refractivity contribution >= 4 is 18.1 Å². The van der Waals surface area contributed by atoms with Gasteiger partial charge in [-0.05, 0) is 6.42 Å². The third kappa shape index (κ3) is 0.960. The predicted octanol–water partition coefficient (Wildman–Crippen LogP) is 0.0766. The van der Waals surface area contributed by atoms with Crippen molar-refractivity contribution in [3.63, 3.8) is 0 Å². The molecule has 0 fully saturated rings. The number of aliphatic imine (C=N–C) groups is 2. The smallest absolute Gasteiger partial charge is 0.236 e. The lowest BCUT2D eigenvalue weighted by molar-refractivity contribution is -0.121. The quantitative estimate of drug-likeness (QED) is 0.521. The highest BCUT2D eigenvalue weighted by Crippen LogP contribution is 2.14. The molecule has 1 atom stereocenters. The normalized spacial score (nSPS) is 27.5. The van der Waals surface area contributed by atoms with Crippen LogP contribution in [0.3, 0.4) is 0 Å². The minimum Gasteiger partial charge on any atom is -0.316 e. The van der Waals surface area contributed by atoms with E-state index in [2.05, 4.69) is 15.3 Å². The summed E-state index contributed by atoms with van der Waals surface area (Å²) in [5.41, 5.74) is 0. The lowest BCUT2D eigenvalue weighted by atomic mass is 10.0. The first-order valence-electron chi connectivity index (χ1n) is 3.43. The third-order valence-electron chi connectivity index (χ3n) is 1.72. The summed E-state index contributed by atoms with van der Waals surface area (Å²) in [6.45, 7) is 0. The van der Waals surface area contributed by atoms with Crippen LogP contribution in [0.15, 0.2) is 22.3 Å². The van der Waals surface area contributed by atoms with Crippen LogP contribution in [0.5, 0.6) is 0 Å². The van der Waals surface area contributed by atoms with E-state index < -0.39 is 0 Å². The molecule has 4 heteroatoms. The summed E-state index contributed by atoms with van der Waals surface area (Å²) in [4.78, 5) is 19.0. The van der Waals surface area contributed by atoms with E-state index in [1.165, 1.54) is 6.34 Å². The van der Waals surface area contributed by atoms with Crippen LogP contribution < -0.4 is 5.32 Å². The number of hydrogen-bond donors (Lipinski definition) is 1. The van der Waals surface area contributed by atoms with Crippen LogP contribution >= 0.6 is 0 Å². The molecule has 0 aromatic carbocycles. The summed E-state index contributed by atoms with van der Waals surface area (Å²) in [5, 5.41) is 2.54. The summed E-state index contributed by atoms with van der Waals surface area (Å²) in [7, 11) is 0. The molecule has 1 N–H and O–H groups in total. The largest absolute Gasteiger partial charge is 0.316 e. The molecule has 2 heterocycles. The second kappa shape index (κ2) is 2.30. The molecule has 2 rings (SSSR count). The van der Waals surface area contributed by atoms with Gasteiger partial charge in [-0.1, -0.05) is 6.08 Å². The Labute approximate surface area is 63.7 Å². The summed E-state index contributed by atoms with van der Waals surface area (Å²) >= 11 is 0. The Hall–Kier alpha value is -1.45. The lowest BCUT2D eigenvalue weighted by Gasteiger charge is -2.18. The molecule has 11 heavy (non-hydrogen) atoms. The maximum Gasteiger partial charge on any atom is 0.236 e. The van der Waals surface area contributed by atoms with Crippen molar-refractivity contribution in [3.05, 3.63) is 12.3 Å². The SMILES string of the molecule is O=C1NC=NC2=NC=CCC12. The first kappa shape index (κ1) is 6.27. The average molecular weight is 149 g/mol. The Bertz CT molecular complexity index is 277. The standard InChI is InChI=1S/C7H7N3O/c11-7-5-2-1-3-8-6(5)9-4-10-7/h1,3-5H,2H2,(H,8,9,10,11). The van der Waals surface area contributed by atoms with Gasteiger partial charge in [0.1, 0.15) is 11.8 Å². The van der Waals surface area contributed by atoms with Crippen LogP contribution in [0.2, 0.25) is 0 Å². The van der Waals surface area contributed by atoms with Crippen molar-refractivity contribution in [3.8, 4) is 0 Å². The fourth-order valence-electron chi connectivity index (χ4n) is 1.13. The van der Waals surface area contributed by atoms with E-state index in [1.807, 2.05) is 6.08 Å². The van der Waals surface area contributed by atoms with Gasteiger partial charge in [0, 0.05) is 6.20 Å². The van der Waals surface area contributed by atoms with E-state index in [-0.39, 0.29) is 11.8 Å². The highest BCUT2D eigenvalue weighted by atomic mass is 16.2. The van der Waals surface area contributed by atoms with Crippen molar-refractivity contribution in [2.75, 3.05) is 0 Å². The molecule has 4 nitrogen and oxygen atoms in total. The molecule has 0 aliphatic carbocycles. The van der Waals surface area contributed by atoms with E-state index in [1.54, 1.807) is 6.20 Å². The number of amides is 1. The van der Waals surface area contributed by atoms with E-state index in [0.717, 1.165) is 0 Å². The summed E-state index contributed by atoms with van der Waals surface area (Å²) in [6.07, 6.45) is 5.65. The zero-order valence-corrected chi connectivity index (χ0v) is 5.82. The Kier molecular flexibility index (Phi) is 1.31. The highest BCUT2D eigenvalue weighted by Gasteiger charge is 2.26. The van der Waals surface area contributed by atoms with Gasteiger partial charge in [0.2, 0.25) is 5.91 Å². The summed E-state index contributed by atoms with van der Waals surface area (Å²) in [6, 6.07) is 0. The monoisotopic (exact) mass is 149 g/mol. The second-order valence-corrected chi connectivity index (χ2v) is 2.43. The number of rotatable bonds is 0. The minimum atomic E-state index is -0.162. The van der Waals surface area contributed by atoms with Gasteiger partial charge in [-0.15, -0.1) is 0 Å². The molecule has 0 spiro atoms. The van der Waals surface area contributed by atoms with Crippen LogP contribution in [0.4, 0.5) is 0 Å². The van der Waals surface area contributed by atoms with Crippen LogP contribution in [-0.4, -0.2) is 18.1 Å². The maximum atomic E-state index is 11.1. The van der Waals surface area contributed by atoms with E-state index >= 15 is 0 Å². The summed E-state index contributed by atoms with van der Waals surface area (Å²) in [5.74, 6) is 0.448. The molecule has 2 aliphatic heterocycles. The third-order valence-corrected chi connectivity index (χ3v) is 1.72. The van der Waals surface area contributed by atoms with Crippen molar-refractivity contribution < 1.29 is 4.79 Å². The number of hydrogen-bond acceptors (Lipinski definition) is 3. The summed E-state index contributed by atoms with van der Waals surface area (Å²) < 4.78 is 0. The van der Waals surface area contributed by atoms with Crippen molar-refractivity contribution in [2.45, 2.75) is 6.42 Å². The Morgan fingerprint density at radius 3 is 3.36 bits per heavy atom. The molecule has 0 aromatic rings. The van der Waals surface area contributed by atoms with Gasteiger partial charge >= 0.3 is 0 Å². The van der Waals surface area contributed by atoms with Gasteiger partial charge in [0.05, 0.1) is 6.34 Å². The minimum absolute atomic E-state index is 0.0110. The van der Waals surface area contributed by atoms with Crippen molar-refractivity contribution in [2.24, 2.45) is 15.9 Å². The molecule has 56 valence electrons. The molecule has 0 saturated heterocycles. The van der Waals surface area contributed by atoms with Gasteiger partial charge in [0.25, 0.3) is 0 Å². The maximum absolute atomic E-state index is 11.1. The number of amidine groups is 1. The number of carbonyl (C=O) groups excluding carboxylic acids is 1. The molecule has 2 aliphatic rings. The van der Waals surface area contributed by atoms with Gasteiger partial charge in [-0.25, -0.2) is 9.98 Å². The Morgan fingerprint density at radius 1 is 1.64 bits per heavy atom. The lowest BCUT2D eigenvalue weighted by Crippen LogP contribution is -2.38. The van der Waals surface area contributed by atoms with Gasteiger partial charge in [-0.2, -0.15) is 0 Å². The molecule has 0 saturated carbocycles. The van der Waals surface area contributed by atoms with Gasteiger partial charge < -0.3 is 5.32 Å². The molecular weight excluding hydrogens is 142 g/mol. The van der Waals surface area contributed by atoms with Crippen molar-refractivity contribution in [1.82, 2.24) is 5.32 Å². The number of nitrogens with one attached hydrogen (secondary N) is 1. The number of carbonyl (C=O) groups is 1. The fourth-order valence-corrected chi connectivity index (χ4v) is 1.13.